The Morgan fingerprint density at radius 2 is 1.47 bits per heavy atom. The van der Waals surface area contributed by atoms with E-state index in [9.17, 15) is 0 Å². The zero-order chi connectivity index (χ0) is 13.0. The fourth-order valence-electron chi connectivity index (χ4n) is 6.66. The van der Waals surface area contributed by atoms with E-state index in [-0.39, 0.29) is 0 Å². The molecule has 0 atom stereocenters. The summed E-state index contributed by atoms with van der Waals surface area (Å²) in [4.78, 5) is 2.50. The summed E-state index contributed by atoms with van der Waals surface area (Å²) in [5, 5.41) is 0. The summed E-state index contributed by atoms with van der Waals surface area (Å²) < 4.78 is 0. The van der Waals surface area contributed by atoms with E-state index in [1.165, 1.54) is 25.9 Å². The minimum atomic E-state index is 0.509. The molecule has 1 aliphatic heterocycles. The van der Waals surface area contributed by atoms with Crippen LogP contribution in [0.2, 0.25) is 0 Å². The Kier molecular flexibility index (Phi) is 2.97. The highest BCUT2D eigenvalue weighted by Crippen LogP contribution is 2.62. The van der Waals surface area contributed by atoms with E-state index in [2.05, 4.69) is 11.9 Å². The van der Waals surface area contributed by atoms with E-state index in [1.54, 1.807) is 32.1 Å². The van der Waals surface area contributed by atoms with Crippen molar-refractivity contribution < 1.29 is 0 Å². The largest absolute Gasteiger partial charge is 0.330 e. The van der Waals surface area contributed by atoms with Crippen molar-refractivity contribution in [3.05, 3.63) is 0 Å². The molecular formula is C17H30N2. The van der Waals surface area contributed by atoms with Crippen LogP contribution < -0.4 is 5.73 Å². The molecule has 5 fully saturated rings. The quantitative estimate of drug-likeness (QED) is 0.829. The first-order chi connectivity index (χ1) is 9.20. The molecule has 4 bridgehead atoms. The summed E-state index contributed by atoms with van der Waals surface area (Å²) in [6.45, 7) is 3.51. The predicted molar refractivity (Wildman–Crippen MR) is 78.8 cm³/mol. The van der Waals surface area contributed by atoms with Crippen LogP contribution in [-0.4, -0.2) is 31.6 Å². The van der Waals surface area contributed by atoms with E-state index in [1.807, 2.05) is 0 Å². The monoisotopic (exact) mass is 262 g/mol. The molecule has 5 rings (SSSR count). The Morgan fingerprint density at radius 1 is 0.947 bits per heavy atom. The Hall–Kier alpha value is -0.0800. The minimum absolute atomic E-state index is 0.509. The van der Waals surface area contributed by atoms with Crippen LogP contribution in [0.15, 0.2) is 0 Å². The molecular weight excluding hydrogens is 232 g/mol. The van der Waals surface area contributed by atoms with Crippen LogP contribution in [-0.2, 0) is 0 Å². The molecule has 0 amide bonds. The van der Waals surface area contributed by atoms with Crippen LogP contribution in [0.4, 0.5) is 0 Å². The van der Waals surface area contributed by atoms with Gasteiger partial charge in [-0.1, -0.05) is 0 Å². The first-order valence-electron chi connectivity index (χ1n) is 8.59. The lowest BCUT2D eigenvalue weighted by molar-refractivity contribution is -0.110. The van der Waals surface area contributed by atoms with E-state index in [4.69, 9.17) is 5.73 Å². The van der Waals surface area contributed by atoms with Crippen molar-refractivity contribution in [1.82, 2.24) is 4.90 Å². The minimum Gasteiger partial charge on any atom is -0.330 e. The van der Waals surface area contributed by atoms with E-state index in [0.717, 1.165) is 36.1 Å². The van der Waals surface area contributed by atoms with Crippen molar-refractivity contribution >= 4 is 0 Å². The maximum atomic E-state index is 6.35. The molecule has 2 nitrogen and oxygen atoms in total. The van der Waals surface area contributed by atoms with Gasteiger partial charge in [-0.2, -0.15) is 0 Å². The highest BCUT2D eigenvalue weighted by atomic mass is 15.1. The summed E-state index contributed by atoms with van der Waals surface area (Å²) in [6.07, 6.45) is 10.5. The number of piperidine rings is 1. The lowest BCUT2D eigenvalue weighted by atomic mass is 9.45. The second kappa shape index (κ2) is 4.46. The number of hydrogen-bond donors (Lipinski definition) is 1. The van der Waals surface area contributed by atoms with Crippen LogP contribution in [0, 0.1) is 35.0 Å². The van der Waals surface area contributed by atoms with Crippen LogP contribution >= 0.6 is 0 Å². The molecule has 4 saturated carbocycles. The topological polar surface area (TPSA) is 29.3 Å². The van der Waals surface area contributed by atoms with E-state index >= 15 is 0 Å². The van der Waals surface area contributed by atoms with Gasteiger partial charge in [0.2, 0.25) is 0 Å². The third-order valence-electron chi connectivity index (χ3n) is 7.32. The zero-order valence-corrected chi connectivity index (χ0v) is 12.5. The van der Waals surface area contributed by atoms with Gasteiger partial charge < -0.3 is 10.6 Å². The fourth-order valence-corrected chi connectivity index (χ4v) is 6.66. The standard InChI is InChI=1S/C17H30N2/c1-19-4-2-17(11-18,3-5-19)16-14-7-12-6-13(9-14)10-15(16)8-12/h12-16H,2-11,18H2,1H3. The second-order valence-electron chi connectivity index (χ2n) is 8.33. The summed E-state index contributed by atoms with van der Waals surface area (Å²) >= 11 is 0. The molecule has 4 aliphatic carbocycles. The van der Waals surface area contributed by atoms with Crippen molar-refractivity contribution in [3.8, 4) is 0 Å². The third kappa shape index (κ3) is 1.90. The first kappa shape index (κ1) is 12.6. The van der Waals surface area contributed by atoms with Crippen molar-refractivity contribution in [3.63, 3.8) is 0 Å². The summed E-state index contributed by atoms with van der Waals surface area (Å²) in [6, 6.07) is 0. The van der Waals surface area contributed by atoms with Crippen molar-refractivity contribution in [2.45, 2.75) is 44.9 Å². The van der Waals surface area contributed by atoms with Crippen molar-refractivity contribution in [2.24, 2.45) is 40.7 Å². The molecule has 0 aromatic heterocycles. The Morgan fingerprint density at radius 3 is 1.95 bits per heavy atom. The number of nitrogens with two attached hydrogens (primary N) is 1. The van der Waals surface area contributed by atoms with Crippen molar-refractivity contribution in [2.75, 3.05) is 26.7 Å². The third-order valence-corrected chi connectivity index (χ3v) is 7.32. The van der Waals surface area contributed by atoms with Crippen LogP contribution in [0.1, 0.15) is 44.9 Å². The summed E-state index contributed by atoms with van der Waals surface area (Å²) in [5.74, 6) is 5.27. The van der Waals surface area contributed by atoms with Crippen molar-refractivity contribution in [1.29, 1.82) is 0 Å². The number of nitrogens with zero attached hydrogens (tertiary/aromatic N) is 1. The maximum Gasteiger partial charge on any atom is -0.00159 e. The predicted octanol–water partition coefficient (Wildman–Crippen LogP) is 2.73. The molecule has 108 valence electrons. The zero-order valence-electron chi connectivity index (χ0n) is 12.5. The van der Waals surface area contributed by atoms with Gasteiger partial charge in [-0.15, -0.1) is 0 Å². The van der Waals surface area contributed by atoms with Crippen LogP contribution in [0.25, 0.3) is 0 Å². The molecule has 0 aromatic rings. The fraction of sp³-hybridized carbons (Fsp3) is 1.00. The average Bonchev–Trinajstić information content (AvgIpc) is 2.40. The lowest BCUT2D eigenvalue weighted by Gasteiger charge is -2.61. The number of rotatable bonds is 2. The highest BCUT2D eigenvalue weighted by Gasteiger charge is 2.55. The molecule has 0 radical (unpaired) electrons. The van der Waals surface area contributed by atoms with Crippen LogP contribution in [0.3, 0.4) is 0 Å². The molecule has 5 aliphatic rings. The molecule has 0 spiro atoms. The summed E-state index contributed by atoms with van der Waals surface area (Å²) in [5.41, 5.74) is 6.85. The van der Waals surface area contributed by atoms with Gasteiger partial charge in [-0.05, 0) is 107 Å². The Balaban J connectivity index is 1.60. The number of hydrogen-bond acceptors (Lipinski definition) is 2. The second-order valence-corrected chi connectivity index (χ2v) is 8.33. The molecule has 0 unspecified atom stereocenters. The number of likely N-dealkylation sites (tertiary alicyclic amines) is 1. The van der Waals surface area contributed by atoms with E-state index in [0.29, 0.717) is 5.41 Å². The van der Waals surface area contributed by atoms with Gasteiger partial charge in [0.05, 0.1) is 0 Å². The average molecular weight is 262 g/mol. The van der Waals surface area contributed by atoms with Gasteiger partial charge in [0.1, 0.15) is 0 Å². The van der Waals surface area contributed by atoms with Gasteiger partial charge in [0, 0.05) is 0 Å². The van der Waals surface area contributed by atoms with Gasteiger partial charge in [0.25, 0.3) is 0 Å². The van der Waals surface area contributed by atoms with Crippen LogP contribution in [0.5, 0.6) is 0 Å². The van der Waals surface area contributed by atoms with E-state index < -0.39 is 0 Å². The van der Waals surface area contributed by atoms with Gasteiger partial charge in [-0.25, -0.2) is 0 Å². The van der Waals surface area contributed by atoms with Gasteiger partial charge in [-0.3, -0.25) is 0 Å². The molecule has 2 heteroatoms. The first-order valence-corrected chi connectivity index (χ1v) is 8.59. The molecule has 19 heavy (non-hydrogen) atoms. The molecule has 1 heterocycles. The highest BCUT2D eigenvalue weighted by molar-refractivity contribution is 5.05. The molecule has 1 saturated heterocycles. The molecule has 0 aromatic carbocycles. The van der Waals surface area contributed by atoms with Gasteiger partial charge in [0.15, 0.2) is 0 Å². The normalized spacial score (nSPS) is 48.6. The smallest absolute Gasteiger partial charge is 0.00159 e. The SMILES string of the molecule is CN1CCC(CN)(C2C3CC4CC(C3)CC2C4)CC1. The maximum absolute atomic E-state index is 6.35. The van der Waals surface area contributed by atoms with Gasteiger partial charge >= 0.3 is 0 Å². The summed E-state index contributed by atoms with van der Waals surface area (Å²) in [7, 11) is 2.28. The molecule has 2 N–H and O–H groups in total. The Bertz CT molecular complexity index is 315. The Labute approximate surface area is 118 Å². The lowest BCUT2D eigenvalue weighted by Crippen LogP contribution is -2.56.